The molecule has 0 aliphatic carbocycles. The number of oxazole rings is 1. The van der Waals surface area contributed by atoms with Crippen LogP contribution in [0.15, 0.2) is 10.6 Å². The fraction of sp³-hybridized carbons (Fsp3) is 0.700. The topological polar surface area (TPSA) is 58.3 Å². The first-order valence-electron chi connectivity index (χ1n) is 4.76. The first-order valence-corrected chi connectivity index (χ1v) is 4.76. The van der Waals surface area contributed by atoms with Gasteiger partial charge in [0, 0.05) is 18.6 Å². The van der Waals surface area contributed by atoms with E-state index in [0.29, 0.717) is 12.4 Å². The molecule has 14 heavy (non-hydrogen) atoms. The van der Waals surface area contributed by atoms with Crippen LogP contribution in [-0.2, 0) is 6.54 Å². The van der Waals surface area contributed by atoms with E-state index in [-0.39, 0.29) is 12.0 Å². The molecule has 1 aromatic rings. The predicted molar refractivity (Wildman–Crippen MR) is 53.8 cm³/mol. The Morgan fingerprint density at radius 3 is 2.79 bits per heavy atom. The van der Waals surface area contributed by atoms with Gasteiger partial charge in [0.15, 0.2) is 0 Å². The molecule has 0 aliphatic rings. The average molecular weight is 198 g/mol. The summed E-state index contributed by atoms with van der Waals surface area (Å²) in [5, 5.41) is 12.2. The Morgan fingerprint density at radius 2 is 2.29 bits per heavy atom. The lowest BCUT2D eigenvalue weighted by Gasteiger charge is -2.21. The van der Waals surface area contributed by atoms with E-state index in [2.05, 4.69) is 10.3 Å². The van der Waals surface area contributed by atoms with E-state index in [9.17, 15) is 0 Å². The molecular weight excluding hydrogens is 180 g/mol. The maximum absolute atomic E-state index is 9.02. The van der Waals surface area contributed by atoms with E-state index in [1.807, 2.05) is 20.8 Å². The van der Waals surface area contributed by atoms with Crippen molar-refractivity contribution in [2.45, 2.75) is 27.3 Å². The first kappa shape index (κ1) is 11.2. The van der Waals surface area contributed by atoms with Crippen molar-refractivity contribution in [3.63, 3.8) is 0 Å². The second kappa shape index (κ2) is 4.57. The fourth-order valence-corrected chi connectivity index (χ4v) is 1.05. The van der Waals surface area contributed by atoms with Crippen LogP contribution < -0.4 is 5.32 Å². The van der Waals surface area contributed by atoms with Crippen molar-refractivity contribution in [2.24, 2.45) is 5.41 Å². The molecule has 0 saturated heterocycles. The summed E-state index contributed by atoms with van der Waals surface area (Å²) in [7, 11) is 0. The largest absolute Gasteiger partial charge is 0.445 e. The summed E-state index contributed by atoms with van der Waals surface area (Å²) in [4.78, 5) is 4.07. The van der Waals surface area contributed by atoms with Crippen LogP contribution >= 0.6 is 0 Å². The van der Waals surface area contributed by atoms with Crippen LogP contribution in [0.5, 0.6) is 0 Å². The van der Waals surface area contributed by atoms with Crippen LogP contribution in [0, 0.1) is 12.3 Å². The first-order chi connectivity index (χ1) is 6.53. The number of rotatable bonds is 5. The lowest BCUT2D eigenvalue weighted by molar-refractivity contribution is 0.155. The molecule has 0 saturated carbocycles. The second-order valence-electron chi connectivity index (χ2n) is 4.29. The average Bonchev–Trinajstić information content (AvgIpc) is 2.51. The van der Waals surface area contributed by atoms with Gasteiger partial charge in [-0.05, 0) is 6.92 Å². The van der Waals surface area contributed by atoms with Crippen molar-refractivity contribution in [3.05, 3.63) is 17.8 Å². The molecule has 1 aromatic heterocycles. The van der Waals surface area contributed by atoms with E-state index < -0.39 is 0 Å². The van der Waals surface area contributed by atoms with Gasteiger partial charge in [0.1, 0.15) is 5.76 Å². The Bertz CT molecular complexity index is 281. The second-order valence-corrected chi connectivity index (χ2v) is 4.29. The van der Waals surface area contributed by atoms with Gasteiger partial charge < -0.3 is 14.8 Å². The number of aryl methyl sites for hydroxylation is 1. The number of aliphatic hydroxyl groups excluding tert-OH is 1. The van der Waals surface area contributed by atoms with Crippen LogP contribution in [0.2, 0.25) is 0 Å². The minimum absolute atomic E-state index is 0.0956. The van der Waals surface area contributed by atoms with Crippen LogP contribution in [0.3, 0.4) is 0 Å². The minimum Gasteiger partial charge on any atom is -0.445 e. The number of nitrogens with zero attached hydrogens (tertiary/aromatic N) is 1. The molecule has 0 aromatic carbocycles. The van der Waals surface area contributed by atoms with Crippen molar-refractivity contribution in [2.75, 3.05) is 13.2 Å². The van der Waals surface area contributed by atoms with Gasteiger partial charge in [-0.2, -0.15) is 0 Å². The number of hydrogen-bond acceptors (Lipinski definition) is 4. The Morgan fingerprint density at radius 1 is 1.57 bits per heavy atom. The summed E-state index contributed by atoms with van der Waals surface area (Å²) in [6, 6.07) is 0. The van der Waals surface area contributed by atoms with Gasteiger partial charge in [-0.1, -0.05) is 13.8 Å². The number of aliphatic hydroxyl groups is 1. The third-order valence-corrected chi connectivity index (χ3v) is 1.98. The molecule has 0 fully saturated rings. The van der Waals surface area contributed by atoms with Gasteiger partial charge in [-0.25, -0.2) is 4.98 Å². The highest BCUT2D eigenvalue weighted by Crippen LogP contribution is 2.11. The predicted octanol–water partition coefficient (Wildman–Crippen LogP) is 1.09. The minimum atomic E-state index is -0.0956. The molecule has 1 heterocycles. The SMILES string of the molecule is Cc1cnc(CNCC(C)(C)CO)o1. The molecule has 1 rings (SSSR count). The van der Waals surface area contributed by atoms with Gasteiger partial charge in [-0.15, -0.1) is 0 Å². The van der Waals surface area contributed by atoms with E-state index in [0.717, 1.165) is 12.3 Å². The molecule has 4 nitrogen and oxygen atoms in total. The smallest absolute Gasteiger partial charge is 0.208 e. The third-order valence-electron chi connectivity index (χ3n) is 1.98. The van der Waals surface area contributed by atoms with Crippen LogP contribution in [0.1, 0.15) is 25.5 Å². The Balaban J connectivity index is 2.28. The molecule has 2 N–H and O–H groups in total. The maximum atomic E-state index is 9.02. The van der Waals surface area contributed by atoms with E-state index in [4.69, 9.17) is 9.52 Å². The van der Waals surface area contributed by atoms with Crippen molar-refractivity contribution in [1.82, 2.24) is 10.3 Å². The van der Waals surface area contributed by atoms with Crippen molar-refractivity contribution in [1.29, 1.82) is 0 Å². The zero-order chi connectivity index (χ0) is 10.6. The highest BCUT2D eigenvalue weighted by molar-refractivity contribution is 4.90. The molecule has 0 bridgehead atoms. The van der Waals surface area contributed by atoms with Crippen LogP contribution in [0.4, 0.5) is 0 Å². The lowest BCUT2D eigenvalue weighted by Crippen LogP contribution is -2.31. The van der Waals surface area contributed by atoms with Gasteiger partial charge in [0.2, 0.25) is 5.89 Å². The summed E-state index contributed by atoms with van der Waals surface area (Å²) in [5.74, 6) is 1.51. The number of aromatic nitrogens is 1. The Labute approximate surface area is 84.3 Å². The summed E-state index contributed by atoms with van der Waals surface area (Å²) >= 11 is 0. The standard InChI is InChI=1S/C10H18N2O2/c1-8-4-12-9(14-8)5-11-6-10(2,3)7-13/h4,11,13H,5-7H2,1-3H3. The van der Waals surface area contributed by atoms with E-state index in [1.165, 1.54) is 0 Å². The summed E-state index contributed by atoms with van der Waals surface area (Å²) in [6.07, 6.45) is 1.70. The zero-order valence-electron chi connectivity index (χ0n) is 9.00. The van der Waals surface area contributed by atoms with Gasteiger partial charge in [-0.3, -0.25) is 0 Å². The number of hydrogen-bond donors (Lipinski definition) is 2. The molecule has 0 atom stereocenters. The quantitative estimate of drug-likeness (QED) is 0.743. The normalized spacial score (nSPS) is 12.0. The molecular formula is C10H18N2O2. The molecule has 0 aliphatic heterocycles. The van der Waals surface area contributed by atoms with Crippen LogP contribution in [-0.4, -0.2) is 23.2 Å². The molecule has 0 amide bonds. The highest BCUT2D eigenvalue weighted by Gasteiger charge is 2.15. The summed E-state index contributed by atoms with van der Waals surface area (Å²) < 4.78 is 5.30. The summed E-state index contributed by atoms with van der Waals surface area (Å²) in [5.41, 5.74) is -0.0956. The monoisotopic (exact) mass is 198 g/mol. The number of nitrogens with one attached hydrogen (secondary N) is 1. The molecule has 80 valence electrons. The highest BCUT2D eigenvalue weighted by atomic mass is 16.4. The Hall–Kier alpha value is -0.870. The van der Waals surface area contributed by atoms with Gasteiger partial charge in [0.05, 0.1) is 12.7 Å². The van der Waals surface area contributed by atoms with Crippen molar-refractivity contribution in [3.8, 4) is 0 Å². The van der Waals surface area contributed by atoms with E-state index >= 15 is 0 Å². The molecule has 0 spiro atoms. The van der Waals surface area contributed by atoms with Crippen LogP contribution in [0.25, 0.3) is 0 Å². The van der Waals surface area contributed by atoms with Crippen molar-refractivity contribution < 1.29 is 9.52 Å². The summed E-state index contributed by atoms with van der Waals surface area (Å²) in [6.45, 7) is 7.39. The molecule has 0 unspecified atom stereocenters. The maximum Gasteiger partial charge on any atom is 0.208 e. The molecule has 4 heteroatoms. The fourth-order valence-electron chi connectivity index (χ4n) is 1.05. The van der Waals surface area contributed by atoms with Gasteiger partial charge >= 0.3 is 0 Å². The lowest BCUT2D eigenvalue weighted by atomic mass is 9.95. The zero-order valence-corrected chi connectivity index (χ0v) is 9.00. The Kier molecular flexibility index (Phi) is 3.66. The third kappa shape index (κ3) is 3.47. The molecule has 0 radical (unpaired) electrons. The van der Waals surface area contributed by atoms with Gasteiger partial charge in [0.25, 0.3) is 0 Å². The van der Waals surface area contributed by atoms with E-state index in [1.54, 1.807) is 6.20 Å². The van der Waals surface area contributed by atoms with Crippen molar-refractivity contribution >= 4 is 0 Å².